The van der Waals surface area contributed by atoms with Crippen LogP contribution in [0.5, 0.6) is 11.5 Å². The van der Waals surface area contributed by atoms with Crippen LogP contribution in [0.2, 0.25) is 0 Å². The molecular weight excluding hydrogens is 531 g/mol. The second-order valence-electron chi connectivity index (χ2n) is 10.2. The van der Waals surface area contributed by atoms with Crippen LogP contribution in [0.25, 0.3) is 0 Å². The van der Waals surface area contributed by atoms with Crippen molar-refractivity contribution in [2.24, 2.45) is 0 Å². The summed E-state index contributed by atoms with van der Waals surface area (Å²) in [5.41, 5.74) is 2.56. The molecule has 0 aliphatic carbocycles. The summed E-state index contributed by atoms with van der Waals surface area (Å²) in [6.07, 6.45) is 0.482. The lowest BCUT2D eigenvalue weighted by molar-refractivity contribution is -0.173. The Bertz CT molecular complexity index is 1130. The highest BCUT2D eigenvalue weighted by Crippen LogP contribution is 2.44. The molecule has 0 aliphatic heterocycles. The van der Waals surface area contributed by atoms with Crippen molar-refractivity contribution < 1.29 is 32.5 Å². The minimum Gasteiger partial charge on any atom is -0.497 e. The van der Waals surface area contributed by atoms with Crippen molar-refractivity contribution in [3.05, 3.63) is 95.6 Å². The molecule has 1 unspecified atom stereocenters. The van der Waals surface area contributed by atoms with Crippen LogP contribution in [-0.2, 0) is 10.2 Å². The van der Waals surface area contributed by atoms with E-state index in [0.29, 0.717) is 19.3 Å². The van der Waals surface area contributed by atoms with E-state index in [1.807, 2.05) is 47.8 Å². The minimum absolute atomic E-state index is 0.0232. The lowest BCUT2D eigenvalue weighted by Crippen LogP contribution is -2.37. The van der Waals surface area contributed by atoms with Crippen LogP contribution >= 0.6 is 0 Å². The predicted molar refractivity (Wildman–Crippen MR) is 154 cm³/mol. The third-order valence-corrected chi connectivity index (χ3v) is 7.48. The van der Waals surface area contributed by atoms with Gasteiger partial charge in [0, 0.05) is 12.0 Å². The number of alkyl halides is 3. The molecule has 3 rings (SSSR count). The van der Waals surface area contributed by atoms with Gasteiger partial charge in [0.2, 0.25) is 0 Å². The van der Waals surface area contributed by atoms with E-state index in [0.717, 1.165) is 60.3 Å². The van der Waals surface area contributed by atoms with Crippen molar-refractivity contribution in [1.29, 1.82) is 0 Å². The number of unbranched alkanes of at least 4 members (excludes halogenated alkanes) is 5. The Morgan fingerprint density at radius 1 is 0.732 bits per heavy atom. The molecule has 5 nitrogen and oxygen atoms in total. The molecule has 1 amide bonds. The third kappa shape index (κ3) is 8.98. The Hall–Kier alpha value is -3.52. The topological polar surface area (TPSA) is 67.8 Å². The van der Waals surface area contributed by atoms with Gasteiger partial charge in [0.1, 0.15) is 11.5 Å². The Labute approximate surface area is 240 Å². The van der Waals surface area contributed by atoms with E-state index in [9.17, 15) is 23.1 Å². The van der Waals surface area contributed by atoms with Gasteiger partial charge in [-0.3, -0.25) is 4.79 Å². The molecule has 0 heterocycles. The number of aliphatic hydroxyl groups is 1. The monoisotopic (exact) mass is 571 g/mol. The first-order valence-corrected chi connectivity index (χ1v) is 14.1. The molecule has 0 bridgehead atoms. The van der Waals surface area contributed by atoms with Gasteiger partial charge in [0.05, 0.1) is 20.3 Å². The lowest BCUT2D eigenvalue weighted by atomic mass is 9.66. The van der Waals surface area contributed by atoms with Crippen LogP contribution in [0.3, 0.4) is 0 Å². The van der Waals surface area contributed by atoms with Gasteiger partial charge >= 0.3 is 12.1 Å². The lowest BCUT2D eigenvalue weighted by Gasteiger charge is -2.38. The van der Waals surface area contributed by atoms with Gasteiger partial charge in [-0.15, -0.1) is 0 Å². The second kappa shape index (κ2) is 15.5. The maximum atomic E-state index is 12.2. The summed E-state index contributed by atoms with van der Waals surface area (Å²) in [7, 11) is 3.27. The largest absolute Gasteiger partial charge is 0.497 e. The number of rotatable bonds is 16. The van der Waals surface area contributed by atoms with Crippen LogP contribution < -0.4 is 14.8 Å². The number of nitrogens with one attached hydrogen (secondary N) is 1. The quantitative estimate of drug-likeness (QED) is 0.141. The fraction of sp³-hybridized carbons (Fsp3) is 0.424. The Morgan fingerprint density at radius 3 is 1.68 bits per heavy atom. The highest BCUT2D eigenvalue weighted by molar-refractivity contribution is 5.81. The van der Waals surface area contributed by atoms with E-state index in [1.54, 1.807) is 14.2 Å². The number of halogens is 3. The first-order valence-electron chi connectivity index (χ1n) is 14.1. The number of carbonyl (C=O) groups excluding carboxylic acids is 1. The van der Waals surface area contributed by atoms with Crippen molar-refractivity contribution in [3.63, 3.8) is 0 Å². The number of carbonyl (C=O) groups is 1. The molecule has 2 N–H and O–H groups in total. The molecule has 222 valence electrons. The maximum Gasteiger partial charge on any atom is 0.471 e. The molecule has 0 spiro atoms. The van der Waals surface area contributed by atoms with Gasteiger partial charge in [0.15, 0.2) is 0 Å². The van der Waals surface area contributed by atoms with Crippen molar-refractivity contribution in [3.8, 4) is 11.5 Å². The zero-order chi connectivity index (χ0) is 29.7. The normalized spacial score (nSPS) is 12.5. The van der Waals surface area contributed by atoms with E-state index in [1.165, 1.54) is 0 Å². The molecule has 0 aliphatic rings. The van der Waals surface area contributed by atoms with Gasteiger partial charge in [-0.2, -0.15) is 13.2 Å². The fourth-order valence-electron chi connectivity index (χ4n) is 5.30. The average molecular weight is 572 g/mol. The summed E-state index contributed by atoms with van der Waals surface area (Å²) in [5.74, 6) is -0.371. The highest BCUT2D eigenvalue weighted by Gasteiger charge is 2.39. The van der Waals surface area contributed by atoms with Crippen LogP contribution in [0.4, 0.5) is 13.2 Å². The fourth-order valence-corrected chi connectivity index (χ4v) is 5.30. The molecule has 0 fully saturated rings. The molecule has 8 heteroatoms. The summed E-state index contributed by atoms with van der Waals surface area (Å²) in [5, 5.41) is 13.3. The highest BCUT2D eigenvalue weighted by atomic mass is 19.4. The van der Waals surface area contributed by atoms with Gasteiger partial charge in [0.25, 0.3) is 0 Å². The first-order chi connectivity index (χ1) is 19.7. The zero-order valence-corrected chi connectivity index (χ0v) is 23.8. The van der Waals surface area contributed by atoms with Gasteiger partial charge in [-0.05, 0) is 60.2 Å². The number of ether oxygens (including phenoxy) is 2. The van der Waals surface area contributed by atoms with Gasteiger partial charge in [-0.25, -0.2) is 0 Å². The van der Waals surface area contributed by atoms with Crippen molar-refractivity contribution in [2.45, 2.75) is 69.1 Å². The summed E-state index contributed by atoms with van der Waals surface area (Å²) in [4.78, 5) is 10.9. The van der Waals surface area contributed by atoms with Crippen molar-refractivity contribution in [1.82, 2.24) is 5.32 Å². The number of hydrogen-bond acceptors (Lipinski definition) is 4. The van der Waals surface area contributed by atoms with Crippen LogP contribution in [0, 0.1) is 0 Å². The summed E-state index contributed by atoms with van der Waals surface area (Å²) >= 11 is 0. The average Bonchev–Trinajstić information content (AvgIpc) is 2.99. The molecule has 0 radical (unpaired) electrons. The Kier molecular flexibility index (Phi) is 12.1. The Morgan fingerprint density at radius 2 is 1.20 bits per heavy atom. The van der Waals surface area contributed by atoms with Crippen LogP contribution in [0.1, 0.15) is 68.1 Å². The number of amides is 1. The molecule has 1 atom stereocenters. The molecule has 41 heavy (non-hydrogen) atoms. The molecule has 0 saturated carbocycles. The van der Waals surface area contributed by atoms with E-state index in [2.05, 4.69) is 36.4 Å². The van der Waals surface area contributed by atoms with E-state index < -0.39 is 23.6 Å². The molecular formula is C33H40F3NO4. The predicted octanol–water partition coefficient (Wildman–Crippen LogP) is 7.20. The number of methoxy groups -OCH3 is 2. The zero-order valence-electron chi connectivity index (χ0n) is 23.8. The smallest absolute Gasteiger partial charge is 0.471 e. The number of benzene rings is 3. The first kappa shape index (κ1) is 32.0. The number of aliphatic hydroxyl groups excluding tert-OH is 1. The van der Waals surface area contributed by atoms with Crippen LogP contribution in [0.15, 0.2) is 78.9 Å². The minimum atomic E-state index is -4.83. The van der Waals surface area contributed by atoms with Gasteiger partial charge in [-0.1, -0.05) is 86.7 Å². The van der Waals surface area contributed by atoms with Crippen LogP contribution in [-0.4, -0.2) is 44.1 Å². The van der Waals surface area contributed by atoms with E-state index in [-0.39, 0.29) is 6.54 Å². The molecule has 0 aromatic heterocycles. The van der Waals surface area contributed by atoms with Gasteiger partial charge < -0.3 is 19.9 Å². The van der Waals surface area contributed by atoms with Crippen molar-refractivity contribution >= 4 is 5.91 Å². The SMILES string of the molecule is COc1ccc(C(CC(O)CCCCCCCCNC(=O)C(F)(F)F)(c2ccccc2)c2ccc(OC)cc2)cc1. The van der Waals surface area contributed by atoms with E-state index in [4.69, 9.17) is 9.47 Å². The molecule has 3 aromatic carbocycles. The van der Waals surface area contributed by atoms with Crippen molar-refractivity contribution in [2.75, 3.05) is 20.8 Å². The summed E-state index contributed by atoms with van der Waals surface area (Å²) in [6, 6.07) is 26.2. The third-order valence-electron chi connectivity index (χ3n) is 7.48. The number of hydrogen-bond donors (Lipinski definition) is 2. The standard InChI is InChI=1S/C33H40F3NO4/c1-40-29-19-15-26(16-20-29)32(25-12-8-7-9-13-25,27-17-21-30(41-2)22-18-27)24-28(38)14-10-5-3-4-6-11-23-37-31(39)33(34,35)36/h7-9,12-13,15-22,28,38H,3-6,10-11,14,23-24H2,1-2H3,(H,37,39). The Balaban J connectivity index is 1.67. The maximum absolute atomic E-state index is 12.2. The second-order valence-corrected chi connectivity index (χ2v) is 10.2. The summed E-state index contributed by atoms with van der Waals surface area (Å²) < 4.78 is 47.5. The molecule has 3 aromatic rings. The van der Waals surface area contributed by atoms with E-state index >= 15 is 0 Å². The molecule has 0 saturated heterocycles. The summed E-state index contributed by atoms with van der Waals surface area (Å²) in [6.45, 7) is 0.0232.